The molecule has 0 aliphatic carbocycles. The number of aliphatic hydroxyl groups excluding tert-OH is 1. The number of hydrogen-bond donors (Lipinski definition) is 3. The standard InChI is InChI=1S/C12H12N4O3S/c17-7-9(11(19)16-12-14-5-6-20-12)15-10(18)8-1-3-13-4-2-8/h1-6,9,17H,7H2,(H,15,18)(H,14,16,19)/t9-/m0/s1. The van der Waals surface area contributed by atoms with Crippen LogP contribution in [0.2, 0.25) is 0 Å². The van der Waals surface area contributed by atoms with Gasteiger partial charge in [0.15, 0.2) is 5.13 Å². The van der Waals surface area contributed by atoms with Crippen LogP contribution in [0, 0.1) is 0 Å². The number of pyridine rings is 1. The Bertz CT molecular complexity index is 574. The Morgan fingerprint density at radius 2 is 2.05 bits per heavy atom. The van der Waals surface area contributed by atoms with E-state index in [-0.39, 0.29) is 0 Å². The van der Waals surface area contributed by atoms with Crippen LogP contribution in [0.5, 0.6) is 0 Å². The zero-order valence-electron chi connectivity index (χ0n) is 10.3. The third kappa shape index (κ3) is 3.59. The van der Waals surface area contributed by atoms with Gasteiger partial charge in [0.05, 0.1) is 6.61 Å². The average Bonchev–Trinajstić information content (AvgIpc) is 2.98. The van der Waals surface area contributed by atoms with Crippen molar-refractivity contribution in [2.24, 2.45) is 0 Å². The summed E-state index contributed by atoms with van der Waals surface area (Å²) >= 11 is 1.25. The Morgan fingerprint density at radius 1 is 1.30 bits per heavy atom. The highest BCUT2D eigenvalue weighted by Gasteiger charge is 2.21. The minimum Gasteiger partial charge on any atom is -0.394 e. The Kier molecular flexibility index (Phi) is 4.75. The molecular formula is C12H12N4O3S. The van der Waals surface area contributed by atoms with Gasteiger partial charge in [-0.15, -0.1) is 11.3 Å². The van der Waals surface area contributed by atoms with E-state index in [4.69, 9.17) is 0 Å². The third-order valence-electron chi connectivity index (χ3n) is 2.41. The summed E-state index contributed by atoms with van der Waals surface area (Å²) in [4.78, 5) is 31.4. The second-order valence-corrected chi connectivity index (χ2v) is 4.67. The zero-order chi connectivity index (χ0) is 14.4. The first-order valence-corrected chi connectivity index (χ1v) is 6.61. The van der Waals surface area contributed by atoms with Crippen molar-refractivity contribution in [1.29, 1.82) is 0 Å². The van der Waals surface area contributed by atoms with Crippen LogP contribution in [-0.2, 0) is 4.79 Å². The van der Waals surface area contributed by atoms with E-state index in [1.54, 1.807) is 11.6 Å². The molecule has 0 saturated heterocycles. The van der Waals surface area contributed by atoms with Crippen LogP contribution in [0.3, 0.4) is 0 Å². The third-order valence-corrected chi connectivity index (χ3v) is 3.10. The van der Waals surface area contributed by atoms with E-state index in [1.165, 1.54) is 35.9 Å². The van der Waals surface area contributed by atoms with Gasteiger partial charge in [0.2, 0.25) is 0 Å². The molecule has 0 radical (unpaired) electrons. The molecule has 8 heteroatoms. The fourth-order valence-electron chi connectivity index (χ4n) is 1.42. The number of carbonyl (C=O) groups is 2. The minimum atomic E-state index is -1.04. The molecule has 7 nitrogen and oxygen atoms in total. The normalized spacial score (nSPS) is 11.7. The van der Waals surface area contributed by atoms with Crippen LogP contribution in [0.4, 0.5) is 5.13 Å². The number of anilines is 1. The molecule has 20 heavy (non-hydrogen) atoms. The lowest BCUT2D eigenvalue weighted by atomic mass is 10.2. The van der Waals surface area contributed by atoms with Gasteiger partial charge < -0.3 is 15.7 Å². The van der Waals surface area contributed by atoms with E-state index in [9.17, 15) is 14.7 Å². The largest absolute Gasteiger partial charge is 0.394 e. The van der Waals surface area contributed by atoms with Crippen molar-refractivity contribution in [2.75, 3.05) is 11.9 Å². The Balaban J connectivity index is 1.98. The number of nitrogens with zero attached hydrogens (tertiary/aromatic N) is 2. The first-order valence-electron chi connectivity index (χ1n) is 5.73. The fourth-order valence-corrected chi connectivity index (χ4v) is 1.95. The molecule has 0 fully saturated rings. The predicted molar refractivity (Wildman–Crippen MR) is 73.3 cm³/mol. The quantitative estimate of drug-likeness (QED) is 0.733. The van der Waals surface area contributed by atoms with E-state index in [0.717, 1.165) is 0 Å². The molecule has 1 atom stereocenters. The fraction of sp³-hybridized carbons (Fsp3) is 0.167. The first-order chi connectivity index (χ1) is 9.70. The van der Waals surface area contributed by atoms with Gasteiger partial charge in [-0.1, -0.05) is 0 Å². The highest BCUT2D eigenvalue weighted by atomic mass is 32.1. The molecule has 0 spiro atoms. The van der Waals surface area contributed by atoms with Crippen molar-refractivity contribution in [3.63, 3.8) is 0 Å². The molecule has 2 heterocycles. The monoisotopic (exact) mass is 292 g/mol. The number of amides is 2. The number of thiazole rings is 1. The van der Waals surface area contributed by atoms with Crippen molar-refractivity contribution < 1.29 is 14.7 Å². The van der Waals surface area contributed by atoms with Crippen molar-refractivity contribution in [3.05, 3.63) is 41.7 Å². The van der Waals surface area contributed by atoms with E-state index >= 15 is 0 Å². The lowest BCUT2D eigenvalue weighted by Gasteiger charge is -2.15. The second kappa shape index (κ2) is 6.73. The molecule has 0 saturated carbocycles. The van der Waals surface area contributed by atoms with Crippen LogP contribution < -0.4 is 10.6 Å². The number of carbonyl (C=O) groups excluding carboxylic acids is 2. The summed E-state index contributed by atoms with van der Waals surface area (Å²) in [6.45, 7) is -0.506. The Morgan fingerprint density at radius 3 is 2.65 bits per heavy atom. The molecule has 2 aromatic rings. The van der Waals surface area contributed by atoms with Gasteiger partial charge in [-0.05, 0) is 12.1 Å². The summed E-state index contributed by atoms with van der Waals surface area (Å²) < 4.78 is 0. The lowest BCUT2D eigenvalue weighted by Crippen LogP contribution is -2.46. The van der Waals surface area contributed by atoms with Gasteiger partial charge in [-0.2, -0.15) is 0 Å². The highest BCUT2D eigenvalue weighted by molar-refractivity contribution is 7.13. The number of aromatic nitrogens is 2. The molecule has 0 unspecified atom stereocenters. The summed E-state index contributed by atoms with van der Waals surface area (Å²) in [6, 6.07) is 1.99. The van der Waals surface area contributed by atoms with E-state index < -0.39 is 24.5 Å². The molecule has 104 valence electrons. The molecule has 0 aliphatic heterocycles. The molecule has 2 aromatic heterocycles. The van der Waals surface area contributed by atoms with Gasteiger partial charge in [0.1, 0.15) is 6.04 Å². The molecule has 3 N–H and O–H groups in total. The second-order valence-electron chi connectivity index (χ2n) is 3.77. The molecule has 2 rings (SSSR count). The van der Waals surface area contributed by atoms with E-state index in [2.05, 4.69) is 20.6 Å². The van der Waals surface area contributed by atoms with Gasteiger partial charge in [-0.3, -0.25) is 14.6 Å². The van der Waals surface area contributed by atoms with Crippen LogP contribution in [0.25, 0.3) is 0 Å². The van der Waals surface area contributed by atoms with Gasteiger partial charge >= 0.3 is 0 Å². The summed E-state index contributed by atoms with van der Waals surface area (Å²) in [5, 5.41) is 16.3. The van der Waals surface area contributed by atoms with Crippen molar-refractivity contribution in [1.82, 2.24) is 15.3 Å². The maximum atomic E-state index is 11.9. The van der Waals surface area contributed by atoms with Gasteiger partial charge in [-0.25, -0.2) is 4.98 Å². The summed E-state index contributed by atoms with van der Waals surface area (Å²) in [5.74, 6) is -0.981. The topological polar surface area (TPSA) is 104 Å². The van der Waals surface area contributed by atoms with Gasteiger partial charge in [0.25, 0.3) is 11.8 Å². The molecule has 0 aliphatic rings. The summed E-state index contributed by atoms with van der Waals surface area (Å²) in [6.07, 6.45) is 4.49. The summed E-state index contributed by atoms with van der Waals surface area (Å²) in [7, 11) is 0. The van der Waals surface area contributed by atoms with Crippen molar-refractivity contribution in [3.8, 4) is 0 Å². The lowest BCUT2D eigenvalue weighted by molar-refractivity contribution is -0.118. The molecule has 2 amide bonds. The first kappa shape index (κ1) is 14.1. The number of rotatable bonds is 5. The minimum absolute atomic E-state index is 0.362. The summed E-state index contributed by atoms with van der Waals surface area (Å²) in [5.41, 5.74) is 0.362. The number of hydrogen-bond acceptors (Lipinski definition) is 6. The van der Waals surface area contributed by atoms with Crippen molar-refractivity contribution >= 4 is 28.3 Å². The number of aliphatic hydroxyl groups is 1. The van der Waals surface area contributed by atoms with Gasteiger partial charge in [0, 0.05) is 29.5 Å². The SMILES string of the molecule is O=C(N[C@@H](CO)C(=O)Nc1nccs1)c1ccncc1. The van der Waals surface area contributed by atoms with Crippen molar-refractivity contribution in [2.45, 2.75) is 6.04 Å². The maximum Gasteiger partial charge on any atom is 0.252 e. The van der Waals surface area contributed by atoms with Crippen LogP contribution in [-0.4, -0.2) is 39.5 Å². The highest BCUT2D eigenvalue weighted by Crippen LogP contribution is 2.10. The zero-order valence-corrected chi connectivity index (χ0v) is 11.1. The smallest absolute Gasteiger partial charge is 0.252 e. The van der Waals surface area contributed by atoms with E-state index in [0.29, 0.717) is 10.7 Å². The Labute approximate surface area is 118 Å². The average molecular weight is 292 g/mol. The van der Waals surface area contributed by atoms with Crippen LogP contribution in [0.1, 0.15) is 10.4 Å². The predicted octanol–water partition coefficient (Wildman–Crippen LogP) is 0.267. The molecule has 0 aromatic carbocycles. The maximum absolute atomic E-state index is 11.9. The van der Waals surface area contributed by atoms with E-state index in [1.807, 2.05) is 0 Å². The Hall–Kier alpha value is -2.32. The number of nitrogens with one attached hydrogen (secondary N) is 2. The molecular weight excluding hydrogens is 280 g/mol. The molecule has 0 bridgehead atoms. The van der Waals surface area contributed by atoms with Crippen LogP contribution >= 0.6 is 11.3 Å². The van der Waals surface area contributed by atoms with Crippen LogP contribution in [0.15, 0.2) is 36.1 Å².